The quantitative estimate of drug-likeness (QED) is 0.665. The van der Waals surface area contributed by atoms with E-state index < -0.39 is 0 Å². The third-order valence-electron chi connectivity index (χ3n) is 2.82. The largest absolute Gasteiger partial charge is 0.378 e. The van der Waals surface area contributed by atoms with E-state index in [2.05, 4.69) is 24.1 Å². The van der Waals surface area contributed by atoms with Gasteiger partial charge in [0, 0.05) is 25.0 Å². The Hall–Kier alpha value is -0.520. The van der Waals surface area contributed by atoms with Gasteiger partial charge < -0.3 is 10.1 Å². The third-order valence-corrected chi connectivity index (χ3v) is 2.82. The van der Waals surface area contributed by atoms with Gasteiger partial charge in [0.15, 0.2) is 0 Å². The lowest BCUT2D eigenvalue weighted by Gasteiger charge is -2.23. The van der Waals surface area contributed by atoms with Crippen molar-refractivity contribution in [3.05, 3.63) is 0 Å². The Balaban J connectivity index is 2.47. The molecule has 0 aromatic rings. The zero-order chi connectivity index (χ0) is 9.68. The minimum absolute atomic E-state index is 0.385. The molecular formula is C11H19NO. The van der Waals surface area contributed by atoms with E-state index in [0.717, 1.165) is 19.4 Å². The zero-order valence-electron chi connectivity index (χ0n) is 8.76. The Kier molecular flexibility index (Phi) is 4.27. The van der Waals surface area contributed by atoms with E-state index in [1.54, 1.807) is 0 Å². The Morgan fingerprint density at radius 2 is 2.38 bits per heavy atom. The number of ether oxygens (including phenoxy) is 1. The molecule has 3 unspecified atom stereocenters. The van der Waals surface area contributed by atoms with Crippen LogP contribution in [0.3, 0.4) is 0 Å². The van der Waals surface area contributed by atoms with Gasteiger partial charge in [-0.05, 0) is 27.3 Å². The normalized spacial score (nSPS) is 29.5. The van der Waals surface area contributed by atoms with Crippen LogP contribution in [0.15, 0.2) is 0 Å². The maximum absolute atomic E-state index is 5.54. The van der Waals surface area contributed by atoms with Crippen LogP contribution < -0.4 is 5.32 Å². The molecule has 1 saturated heterocycles. The standard InChI is InChI=1S/C11H19NO/c1-4-5-6-11(12-3)10-7-8-13-9(10)2/h9-12H,6-8H2,1-3H3. The van der Waals surface area contributed by atoms with Crippen LogP contribution in [0.25, 0.3) is 0 Å². The van der Waals surface area contributed by atoms with Crippen molar-refractivity contribution in [1.82, 2.24) is 5.32 Å². The van der Waals surface area contributed by atoms with Crippen LogP contribution in [0, 0.1) is 17.8 Å². The SMILES string of the molecule is CC#CCC(NC)C1CCOC1C. The Morgan fingerprint density at radius 3 is 2.85 bits per heavy atom. The fourth-order valence-electron chi connectivity index (χ4n) is 1.96. The second kappa shape index (κ2) is 5.26. The number of rotatable bonds is 3. The lowest BCUT2D eigenvalue weighted by Crippen LogP contribution is -2.36. The molecule has 1 aliphatic rings. The lowest BCUT2D eigenvalue weighted by atomic mass is 9.91. The summed E-state index contributed by atoms with van der Waals surface area (Å²) in [7, 11) is 2.01. The van der Waals surface area contributed by atoms with Crippen molar-refractivity contribution in [2.75, 3.05) is 13.7 Å². The fraction of sp³-hybridized carbons (Fsp3) is 0.818. The molecule has 0 spiro atoms. The molecule has 0 aliphatic carbocycles. The first-order valence-electron chi connectivity index (χ1n) is 4.98. The Morgan fingerprint density at radius 1 is 1.62 bits per heavy atom. The zero-order valence-corrected chi connectivity index (χ0v) is 8.76. The Bertz CT molecular complexity index is 204. The minimum Gasteiger partial charge on any atom is -0.378 e. The van der Waals surface area contributed by atoms with Gasteiger partial charge in [0.2, 0.25) is 0 Å². The topological polar surface area (TPSA) is 21.3 Å². The highest BCUT2D eigenvalue weighted by Crippen LogP contribution is 2.25. The summed E-state index contributed by atoms with van der Waals surface area (Å²) in [6.07, 6.45) is 2.49. The van der Waals surface area contributed by atoms with E-state index in [-0.39, 0.29) is 0 Å². The predicted molar refractivity (Wildman–Crippen MR) is 54.4 cm³/mol. The molecule has 1 fully saturated rings. The van der Waals surface area contributed by atoms with Crippen molar-refractivity contribution >= 4 is 0 Å². The summed E-state index contributed by atoms with van der Waals surface area (Å²) >= 11 is 0. The molecule has 2 nitrogen and oxygen atoms in total. The smallest absolute Gasteiger partial charge is 0.0591 e. The molecule has 0 saturated carbocycles. The second-order valence-corrected chi connectivity index (χ2v) is 3.55. The molecule has 2 heteroatoms. The van der Waals surface area contributed by atoms with Crippen LogP contribution >= 0.6 is 0 Å². The van der Waals surface area contributed by atoms with Crippen LogP contribution in [0.2, 0.25) is 0 Å². The Labute approximate surface area is 81.0 Å². The van der Waals surface area contributed by atoms with Crippen LogP contribution in [-0.4, -0.2) is 25.8 Å². The average molecular weight is 181 g/mol. The second-order valence-electron chi connectivity index (χ2n) is 3.55. The molecule has 1 rings (SSSR count). The predicted octanol–water partition coefficient (Wildman–Crippen LogP) is 1.41. The van der Waals surface area contributed by atoms with Crippen LogP contribution in [0.5, 0.6) is 0 Å². The molecule has 0 bridgehead atoms. The van der Waals surface area contributed by atoms with Crippen LogP contribution in [0.4, 0.5) is 0 Å². The summed E-state index contributed by atoms with van der Waals surface area (Å²) < 4.78 is 5.54. The van der Waals surface area contributed by atoms with Gasteiger partial charge in [-0.3, -0.25) is 0 Å². The van der Waals surface area contributed by atoms with Gasteiger partial charge in [0.1, 0.15) is 0 Å². The number of hydrogen-bond acceptors (Lipinski definition) is 2. The summed E-state index contributed by atoms with van der Waals surface area (Å²) in [5.41, 5.74) is 0. The van der Waals surface area contributed by atoms with Crippen molar-refractivity contribution in [1.29, 1.82) is 0 Å². The monoisotopic (exact) mass is 181 g/mol. The molecule has 0 aromatic carbocycles. The summed E-state index contributed by atoms with van der Waals surface area (Å²) in [6, 6.07) is 0.491. The van der Waals surface area contributed by atoms with E-state index in [1.807, 2.05) is 14.0 Å². The van der Waals surface area contributed by atoms with E-state index in [0.29, 0.717) is 18.1 Å². The van der Waals surface area contributed by atoms with E-state index in [9.17, 15) is 0 Å². The molecule has 0 amide bonds. The van der Waals surface area contributed by atoms with Gasteiger partial charge in [-0.1, -0.05) is 0 Å². The van der Waals surface area contributed by atoms with Crippen molar-refractivity contribution < 1.29 is 4.74 Å². The fourth-order valence-corrected chi connectivity index (χ4v) is 1.96. The maximum atomic E-state index is 5.54. The summed E-state index contributed by atoms with van der Waals surface area (Å²) in [4.78, 5) is 0. The summed E-state index contributed by atoms with van der Waals surface area (Å²) in [6.45, 7) is 4.95. The highest BCUT2D eigenvalue weighted by atomic mass is 16.5. The van der Waals surface area contributed by atoms with Crippen molar-refractivity contribution in [3.63, 3.8) is 0 Å². The molecule has 0 radical (unpaired) electrons. The summed E-state index contributed by atoms with van der Waals surface area (Å²) in [5, 5.41) is 3.33. The minimum atomic E-state index is 0.385. The van der Waals surface area contributed by atoms with Crippen molar-refractivity contribution in [2.45, 2.75) is 38.8 Å². The van der Waals surface area contributed by atoms with Crippen molar-refractivity contribution in [2.24, 2.45) is 5.92 Å². The van der Waals surface area contributed by atoms with Gasteiger partial charge in [-0.2, -0.15) is 0 Å². The molecule has 74 valence electrons. The average Bonchev–Trinajstić information content (AvgIpc) is 2.54. The van der Waals surface area contributed by atoms with Gasteiger partial charge in [0.05, 0.1) is 6.10 Å². The first-order valence-corrected chi connectivity index (χ1v) is 4.98. The number of nitrogens with one attached hydrogen (secondary N) is 1. The molecule has 1 heterocycles. The third kappa shape index (κ3) is 2.72. The lowest BCUT2D eigenvalue weighted by molar-refractivity contribution is 0.0968. The van der Waals surface area contributed by atoms with Gasteiger partial charge >= 0.3 is 0 Å². The van der Waals surface area contributed by atoms with Gasteiger partial charge in [-0.25, -0.2) is 0 Å². The molecule has 0 aromatic heterocycles. The maximum Gasteiger partial charge on any atom is 0.0591 e. The highest BCUT2D eigenvalue weighted by molar-refractivity contribution is 5.00. The molecule has 3 atom stereocenters. The van der Waals surface area contributed by atoms with E-state index >= 15 is 0 Å². The van der Waals surface area contributed by atoms with Gasteiger partial charge in [-0.15, -0.1) is 11.8 Å². The van der Waals surface area contributed by atoms with Crippen LogP contribution in [0.1, 0.15) is 26.7 Å². The van der Waals surface area contributed by atoms with Crippen molar-refractivity contribution in [3.8, 4) is 11.8 Å². The van der Waals surface area contributed by atoms with Gasteiger partial charge in [0.25, 0.3) is 0 Å². The molecular weight excluding hydrogens is 162 g/mol. The van der Waals surface area contributed by atoms with Crippen LogP contribution in [-0.2, 0) is 4.74 Å². The first kappa shape index (κ1) is 10.6. The van der Waals surface area contributed by atoms with E-state index in [4.69, 9.17) is 4.74 Å². The molecule has 1 aliphatic heterocycles. The molecule has 1 N–H and O–H groups in total. The summed E-state index contributed by atoms with van der Waals surface area (Å²) in [5.74, 6) is 6.70. The highest BCUT2D eigenvalue weighted by Gasteiger charge is 2.30. The molecule has 13 heavy (non-hydrogen) atoms. The number of hydrogen-bond donors (Lipinski definition) is 1. The first-order chi connectivity index (χ1) is 6.29. The van der Waals surface area contributed by atoms with E-state index in [1.165, 1.54) is 0 Å².